The summed E-state index contributed by atoms with van der Waals surface area (Å²) in [6.07, 6.45) is 3.46. The molecule has 188 valence electrons. The van der Waals surface area contributed by atoms with Crippen LogP contribution in [0, 0.1) is 11.8 Å². The van der Waals surface area contributed by atoms with Gasteiger partial charge >= 0.3 is 5.97 Å². The first-order valence-electron chi connectivity index (χ1n) is 11.9. The SMILES string of the molecule is CC(C)CN(CC(C)C)C(=O)COC(=O)C=Cc1ccc(S(=O)(=O)N2CCc3ccccc32)cc1. The van der Waals surface area contributed by atoms with Crippen molar-refractivity contribution in [2.75, 3.05) is 30.5 Å². The molecule has 3 rings (SSSR count). The van der Waals surface area contributed by atoms with Gasteiger partial charge in [0.25, 0.3) is 15.9 Å². The topological polar surface area (TPSA) is 84.0 Å². The number of hydrogen-bond acceptors (Lipinski definition) is 5. The summed E-state index contributed by atoms with van der Waals surface area (Å²) in [6.45, 7) is 9.49. The highest BCUT2D eigenvalue weighted by Crippen LogP contribution is 2.32. The van der Waals surface area contributed by atoms with Crippen molar-refractivity contribution in [3.05, 3.63) is 65.7 Å². The van der Waals surface area contributed by atoms with E-state index in [1.54, 1.807) is 17.0 Å². The Bertz CT molecular complexity index is 1160. The van der Waals surface area contributed by atoms with Crippen molar-refractivity contribution >= 4 is 33.7 Å². The van der Waals surface area contributed by atoms with Crippen molar-refractivity contribution in [1.82, 2.24) is 4.90 Å². The Morgan fingerprint density at radius 3 is 2.26 bits per heavy atom. The van der Waals surface area contributed by atoms with E-state index in [9.17, 15) is 18.0 Å². The first-order valence-corrected chi connectivity index (χ1v) is 13.3. The van der Waals surface area contributed by atoms with Crippen LogP contribution in [0.4, 0.5) is 5.69 Å². The molecule has 1 amide bonds. The van der Waals surface area contributed by atoms with E-state index in [-0.39, 0.29) is 17.4 Å². The maximum absolute atomic E-state index is 13.1. The van der Waals surface area contributed by atoms with Gasteiger partial charge in [-0.15, -0.1) is 0 Å². The van der Waals surface area contributed by atoms with Crippen molar-refractivity contribution in [1.29, 1.82) is 0 Å². The Morgan fingerprint density at radius 2 is 1.63 bits per heavy atom. The summed E-state index contributed by atoms with van der Waals surface area (Å²) in [5, 5.41) is 0. The number of amides is 1. The van der Waals surface area contributed by atoms with E-state index in [0.717, 1.165) is 5.56 Å². The Labute approximate surface area is 208 Å². The molecule has 0 N–H and O–H groups in total. The number of nitrogens with zero attached hydrogens (tertiary/aromatic N) is 2. The zero-order chi connectivity index (χ0) is 25.6. The molecule has 0 saturated carbocycles. The summed E-state index contributed by atoms with van der Waals surface area (Å²) in [5.74, 6) is -0.203. The number of fused-ring (bicyclic) bond motifs is 1. The van der Waals surface area contributed by atoms with Crippen LogP contribution in [-0.2, 0) is 30.8 Å². The first kappa shape index (κ1) is 26.5. The van der Waals surface area contributed by atoms with Gasteiger partial charge in [0.2, 0.25) is 0 Å². The molecule has 0 saturated heterocycles. The van der Waals surface area contributed by atoms with Crippen LogP contribution in [0.15, 0.2) is 59.5 Å². The lowest BCUT2D eigenvalue weighted by Gasteiger charge is -2.26. The minimum absolute atomic E-state index is 0.190. The summed E-state index contributed by atoms with van der Waals surface area (Å²) in [6, 6.07) is 13.8. The number of carbonyl (C=O) groups is 2. The average molecular weight is 499 g/mol. The highest BCUT2D eigenvalue weighted by Gasteiger charge is 2.30. The molecule has 1 heterocycles. The van der Waals surface area contributed by atoms with E-state index >= 15 is 0 Å². The quantitative estimate of drug-likeness (QED) is 0.363. The van der Waals surface area contributed by atoms with Crippen LogP contribution in [0.3, 0.4) is 0 Å². The molecule has 0 aromatic heterocycles. The second-order valence-corrected chi connectivity index (χ2v) is 11.4. The highest BCUT2D eigenvalue weighted by atomic mass is 32.2. The molecule has 0 radical (unpaired) electrons. The number of hydrogen-bond donors (Lipinski definition) is 0. The monoisotopic (exact) mass is 498 g/mol. The standard InChI is InChI=1S/C27H34N2O5S/c1-20(2)17-28(18-21(3)4)26(30)19-34-27(31)14-11-22-9-12-24(13-10-22)35(32,33)29-16-15-23-7-5-6-8-25(23)29/h5-14,20-21H,15-19H2,1-4H3. The second kappa shape index (κ2) is 11.5. The summed E-state index contributed by atoms with van der Waals surface area (Å²) in [5.41, 5.74) is 2.38. The van der Waals surface area contributed by atoms with Crippen LogP contribution in [0.25, 0.3) is 6.08 Å². The second-order valence-electron chi connectivity index (χ2n) is 9.55. The smallest absolute Gasteiger partial charge is 0.331 e. The zero-order valence-corrected chi connectivity index (χ0v) is 21.6. The van der Waals surface area contributed by atoms with E-state index < -0.39 is 16.0 Å². The summed E-state index contributed by atoms with van der Waals surface area (Å²) >= 11 is 0. The van der Waals surface area contributed by atoms with Crippen LogP contribution >= 0.6 is 0 Å². The van der Waals surface area contributed by atoms with Crippen LogP contribution in [-0.4, -0.2) is 51.4 Å². The molecule has 1 aliphatic heterocycles. The number of benzene rings is 2. The minimum Gasteiger partial charge on any atom is -0.452 e. The summed E-state index contributed by atoms with van der Waals surface area (Å²) in [7, 11) is -3.67. The highest BCUT2D eigenvalue weighted by molar-refractivity contribution is 7.92. The van der Waals surface area contributed by atoms with Gasteiger partial charge < -0.3 is 9.64 Å². The molecule has 0 atom stereocenters. The maximum atomic E-state index is 13.1. The molecule has 7 nitrogen and oxygen atoms in total. The molecule has 35 heavy (non-hydrogen) atoms. The van der Waals surface area contributed by atoms with Crippen LogP contribution in [0.2, 0.25) is 0 Å². The lowest BCUT2D eigenvalue weighted by Crippen LogP contribution is -2.39. The van der Waals surface area contributed by atoms with Gasteiger partial charge in [0.15, 0.2) is 6.61 Å². The number of para-hydroxylation sites is 1. The van der Waals surface area contributed by atoms with Crippen LogP contribution in [0.5, 0.6) is 0 Å². The zero-order valence-electron chi connectivity index (χ0n) is 20.8. The number of anilines is 1. The fourth-order valence-corrected chi connectivity index (χ4v) is 5.54. The molecule has 0 fully saturated rings. The predicted molar refractivity (Wildman–Crippen MR) is 137 cm³/mol. The van der Waals surface area contributed by atoms with Gasteiger partial charge in [0, 0.05) is 25.7 Å². The molecular formula is C27H34N2O5S. The number of rotatable bonds is 10. The maximum Gasteiger partial charge on any atom is 0.331 e. The van der Waals surface area contributed by atoms with Gasteiger partial charge in [0.05, 0.1) is 10.6 Å². The van der Waals surface area contributed by atoms with Gasteiger partial charge in [0.1, 0.15) is 0 Å². The van der Waals surface area contributed by atoms with Crippen molar-refractivity contribution in [3.63, 3.8) is 0 Å². The average Bonchev–Trinajstić information content (AvgIpc) is 3.25. The van der Waals surface area contributed by atoms with E-state index in [1.165, 1.54) is 28.6 Å². The normalized spacial score (nSPS) is 13.5. The molecular weight excluding hydrogens is 464 g/mol. The molecule has 2 aromatic rings. The number of esters is 1. The van der Waals surface area contributed by atoms with Gasteiger partial charge in [-0.25, -0.2) is 13.2 Å². The van der Waals surface area contributed by atoms with Gasteiger partial charge in [-0.1, -0.05) is 58.0 Å². The van der Waals surface area contributed by atoms with E-state index in [1.807, 2.05) is 52.0 Å². The molecule has 0 aliphatic carbocycles. The first-order chi connectivity index (χ1) is 16.6. The summed E-state index contributed by atoms with van der Waals surface area (Å²) < 4.78 is 32.8. The lowest BCUT2D eigenvalue weighted by atomic mass is 10.1. The Morgan fingerprint density at radius 1 is 1.00 bits per heavy atom. The minimum atomic E-state index is -3.67. The molecule has 0 bridgehead atoms. The fraction of sp³-hybridized carbons (Fsp3) is 0.407. The van der Waals surface area contributed by atoms with Gasteiger partial charge in [-0.3, -0.25) is 9.10 Å². The van der Waals surface area contributed by atoms with E-state index in [0.29, 0.717) is 49.1 Å². The Balaban J connectivity index is 1.58. The van der Waals surface area contributed by atoms with Crippen LogP contribution in [0.1, 0.15) is 38.8 Å². The van der Waals surface area contributed by atoms with Crippen LogP contribution < -0.4 is 4.31 Å². The third-order valence-electron chi connectivity index (χ3n) is 5.59. The Kier molecular flexibility index (Phi) is 8.72. The predicted octanol–water partition coefficient (Wildman–Crippen LogP) is 4.14. The van der Waals surface area contributed by atoms with Crippen molar-refractivity contribution in [3.8, 4) is 0 Å². The van der Waals surface area contributed by atoms with E-state index in [4.69, 9.17) is 4.74 Å². The van der Waals surface area contributed by atoms with Crippen molar-refractivity contribution in [2.45, 2.75) is 39.0 Å². The third-order valence-corrected chi connectivity index (χ3v) is 7.41. The fourth-order valence-electron chi connectivity index (χ4n) is 4.03. The summed E-state index contributed by atoms with van der Waals surface area (Å²) in [4.78, 5) is 26.5. The molecule has 8 heteroatoms. The Hall–Kier alpha value is -3.13. The largest absolute Gasteiger partial charge is 0.452 e. The van der Waals surface area contributed by atoms with Crippen molar-refractivity contribution < 1.29 is 22.7 Å². The van der Waals surface area contributed by atoms with Gasteiger partial charge in [-0.2, -0.15) is 0 Å². The molecule has 1 aliphatic rings. The number of sulfonamides is 1. The molecule has 0 unspecified atom stereocenters. The molecule has 2 aromatic carbocycles. The lowest BCUT2D eigenvalue weighted by molar-refractivity contribution is -0.148. The number of carbonyl (C=O) groups excluding carboxylic acids is 2. The van der Waals surface area contributed by atoms with E-state index in [2.05, 4.69) is 0 Å². The molecule has 0 spiro atoms. The third kappa shape index (κ3) is 6.94. The van der Waals surface area contributed by atoms with Crippen molar-refractivity contribution in [2.24, 2.45) is 11.8 Å². The number of ether oxygens (including phenoxy) is 1. The van der Waals surface area contributed by atoms with Gasteiger partial charge in [-0.05, 0) is 53.7 Å².